The highest BCUT2D eigenvalue weighted by Gasteiger charge is 2.34. The van der Waals surface area contributed by atoms with E-state index in [1.165, 1.54) is 4.31 Å². The van der Waals surface area contributed by atoms with E-state index in [0.29, 0.717) is 36.1 Å². The summed E-state index contributed by atoms with van der Waals surface area (Å²) in [7, 11) is -3.76. The summed E-state index contributed by atoms with van der Waals surface area (Å²) in [6.07, 6.45) is 1.27. The minimum absolute atomic E-state index is 0.144. The third-order valence-corrected chi connectivity index (χ3v) is 7.88. The molecule has 1 saturated heterocycles. The molecule has 3 aromatic rings. The Morgan fingerprint density at radius 2 is 2.00 bits per heavy atom. The van der Waals surface area contributed by atoms with Crippen molar-refractivity contribution in [2.75, 3.05) is 18.4 Å². The Labute approximate surface area is 175 Å². The number of carbonyl (C=O) groups excluding carboxylic acids is 1. The normalized spacial score (nSPS) is 18.2. The van der Waals surface area contributed by atoms with Crippen LogP contribution in [0.2, 0.25) is 0 Å². The van der Waals surface area contributed by atoms with Crippen LogP contribution in [-0.4, -0.2) is 40.5 Å². The number of halogens is 1. The fraction of sp³-hybridized carbons (Fsp3) is 0.278. The number of anilines is 1. The lowest BCUT2D eigenvalue weighted by Crippen LogP contribution is -2.43. The maximum absolute atomic E-state index is 13.2. The quantitative estimate of drug-likeness (QED) is 0.616. The first-order chi connectivity index (χ1) is 13.5. The molecule has 10 heteroatoms. The zero-order valence-electron chi connectivity index (χ0n) is 14.7. The number of carbonyl (C=O) groups is 1. The fourth-order valence-electron chi connectivity index (χ4n) is 3.30. The summed E-state index contributed by atoms with van der Waals surface area (Å²) in [5.41, 5.74) is 1.62. The standard InChI is InChI=1S/C18H17BrN4O3S2/c19-13-6-1-2-7-14(13)20-18(24)12-5-4-10-23(11-12)28(25,26)16-9-3-8-15-17(16)22-27-21-15/h1-3,6-9,12H,4-5,10-11H2,(H,20,24)/t12-/m1/s1. The first kappa shape index (κ1) is 19.4. The van der Waals surface area contributed by atoms with Crippen molar-refractivity contribution in [2.24, 2.45) is 5.92 Å². The molecule has 1 fully saturated rings. The summed E-state index contributed by atoms with van der Waals surface area (Å²) >= 11 is 4.40. The van der Waals surface area contributed by atoms with Gasteiger partial charge in [-0.15, -0.1) is 0 Å². The second-order valence-electron chi connectivity index (χ2n) is 6.56. The van der Waals surface area contributed by atoms with E-state index in [-0.39, 0.29) is 17.3 Å². The number of benzene rings is 2. The molecule has 2 heterocycles. The predicted molar refractivity (Wildman–Crippen MR) is 112 cm³/mol. The first-order valence-corrected chi connectivity index (χ1v) is 11.7. The van der Waals surface area contributed by atoms with Crippen molar-refractivity contribution >= 4 is 60.3 Å². The summed E-state index contributed by atoms with van der Waals surface area (Å²) in [5, 5.41) is 2.89. The number of hydrogen-bond acceptors (Lipinski definition) is 6. The molecule has 4 rings (SSSR count). The Morgan fingerprint density at radius 3 is 2.82 bits per heavy atom. The van der Waals surface area contributed by atoms with Gasteiger partial charge < -0.3 is 5.32 Å². The molecule has 7 nitrogen and oxygen atoms in total. The Balaban J connectivity index is 1.55. The SMILES string of the molecule is O=C(Nc1ccccc1Br)[C@@H]1CCCN(S(=O)(=O)c2cccc3nsnc23)C1. The van der Waals surface area contributed by atoms with E-state index in [1.807, 2.05) is 18.2 Å². The third-order valence-electron chi connectivity index (χ3n) is 4.75. The number of para-hydroxylation sites is 1. The van der Waals surface area contributed by atoms with Gasteiger partial charge in [-0.3, -0.25) is 4.79 Å². The van der Waals surface area contributed by atoms with E-state index >= 15 is 0 Å². The maximum Gasteiger partial charge on any atom is 0.245 e. The minimum Gasteiger partial charge on any atom is -0.325 e. The van der Waals surface area contributed by atoms with E-state index in [1.54, 1.807) is 24.3 Å². The van der Waals surface area contributed by atoms with Crippen molar-refractivity contribution in [3.8, 4) is 0 Å². The molecule has 0 unspecified atom stereocenters. The number of fused-ring (bicyclic) bond motifs is 1. The van der Waals surface area contributed by atoms with Crippen molar-refractivity contribution in [1.29, 1.82) is 0 Å². The zero-order chi connectivity index (χ0) is 19.7. The number of aromatic nitrogens is 2. The van der Waals surface area contributed by atoms with Gasteiger partial charge in [0.25, 0.3) is 0 Å². The van der Waals surface area contributed by atoms with Crippen LogP contribution in [0.4, 0.5) is 5.69 Å². The second kappa shape index (κ2) is 7.86. The second-order valence-corrected chi connectivity index (χ2v) is 9.85. The maximum atomic E-state index is 13.2. The van der Waals surface area contributed by atoms with Crippen LogP contribution in [0.3, 0.4) is 0 Å². The van der Waals surface area contributed by atoms with Gasteiger partial charge in [0.05, 0.1) is 23.3 Å². The minimum atomic E-state index is -3.76. The monoisotopic (exact) mass is 480 g/mol. The van der Waals surface area contributed by atoms with Crippen LogP contribution < -0.4 is 5.32 Å². The number of rotatable bonds is 4. The molecule has 1 aliphatic heterocycles. The number of nitrogens with one attached hydrogen (secondary N) is 1. The molecule has 0 aliphatic carbocycles. The molecule has 0 spiro atoms. The van der Waals surface area contributed by atoms with E-state index in [2.05, 4.69) is 30.0 Å². The highest BCUT2D eigenvalue weighted by atomic mass is 79.9. The summed E-state index contributed by atoms with van der Waals surface area (Å²) in [5.74, 6) is -0.594. The lowest BCUT2D eigenvalue weighted by atomic mass is 9.99. The summed E-state index contributed by atoms with van der Waals surface area (Å²) in [6, 6.07) is 12.3. The molecule has 1 N–H and O–H groups in total. The molecule has 2 aromatic carbocycles. The molecule has 0 saturated carbocycles. The van der Waals surface area contributed by atoms with Gasteiger partial charge in [0, 0.05) is 17.6 Å². The molecule has 146 valence electrons. The van der Waals surface area contributed by atoms with Gasteiger partial charge >= 0.3 is 0 Å². The molecule has 1 aliphatic rings. The highest BCUT2D eigenvalue weighted by Crippen LogP contribution is 2.29. The third kappa shape index (κ3) is 3.69. The Kier molecular flexibility index (Phi) is 5.46. The van der Waals surface area contributed by atoms with Gasteiger partial charge in [-0.25, -0.2) is 8.42 Å². The molecule has 1 atom stereocenters. The smallest absolute Gasteiger partial charge is 0.245 e. The van der Waals surface area contributed by atoms with E-state index in [0.717, 1.165) is 16.2 Å². The first-order valence-electron chi connectivity index (χ1n) is 8.73. The average molecular weight is 481 g/mol. The van der Waals surface area contributed by atoms with Crippen LogP contribution in [0.5, 0.6) is 0 Å². The molecule has 28 heavy (non-hydrogen) atoms. The van der Waals surface area contributed by atoms with Crippen LogP contribution in [0, 0.1) is 5.92 Å². The zero-order valence-corrected chi connectivity index (χ0v) is 17.9. The summed E-state index contributed by atoms with van der Waals surface area (Å²) in [4.78, 5) is 12.9. The van der Waals surface area contributed by atoms with E-state index < -0.39 is 15.9 Å². The molecule has 0 bridgehead atoms. The summed E-state index contributed by atoms with van der Waals surface area (Å²) < 4.78 is 36.8. The van der Waals surface area contributed by atoms with E-state index in [9.17, 15) is 13.2 Å². The average Bonchev–Trinajstić information content (AvgIpc) is 3.18. The van der Waals surface area contributed by atoms with E-state index in [4.69, 9.17) is 0 Å². The number of piperidine rings is 1. The predicted octanol–water partition coefficient (Wildman–Crippen LogP) is 3.49. The molecular weight excluding hydrogens is 464 g/mol. The molecule has 0 radical (unpaired) electrons. The van der Waals surface area contributed by atoms with Crippen molar-refractivity contribution in [2.45, 2.75) is 17.7 Å². The Bertz CT molecular complexity index is 1130. The van der Waals surface area contributed by atoms with Gasteiger partial charge in [-0.2, -0.15) is 13.1 Å². The van der Waals surface area contributed by atoms with Crippen molar-refractivity contribution < 1.29 is 13.2 Å². The van der Waals surface area contributed by atoms with Gasteiger partial charge in [-0.05, 0) is 53.0 Å². The van der Waals surface area contributed by atoms with Gasteiger partial charge in [0.1, 0.15) is 15.9 Å². The largest absolute Gasteiger partial charge is 0.325 e. The fourth-order valence-corrected chi connectivity index (χ4v) is 5.96. The van der Waals surface area contributed by atoms with Gasteiger partial charge in [0.15, 0.2) is 0 Å². The van der Waals surface area contributed by atoms with Gasteiger partial charge in [0.2, 0.25) is 15.9 Å². The van der Waals surface area contributed by atoms with Crippen molar-refractivity contribution in [1.82, 2.24) is 13.1 Å². The van der Waals surface area contributed by atoms with Crippen molar-refractivity contribution in [3.63, 3.8) is 0 Å². The van der Waals surface area contributed by atoms with Crippen LogP contribution in [0.15, 0.2) is 51.8 Å². The van der Waals surface area contributed by atoms with Crippen LogP contribution in [0.1, 0.15) is 12.8 Å². The Morgan fingerprint density at radius 1 is 1.18 bits per heavy atom. The number of amides is 1. The highest BCUT2D eigenvalue weighted by molar-refractivity contribution is 9.10. The molecule has 1 aromatic heterocycles. The number of sulfonamides is 1. The Hall–Kier alpha value is -1.88. The lowest BCUT2D eigenvalue weighted by Gasteiger charge is -2.31. The van der Waals surface area contributed by atoms with Crippen LogP contribution >= 0.6 is 27.7 Å². The summed E-state index contributed by atoms with van der Waals surface area (Å²) in [6.45, 7) is 0.529. The number of hydrogen-bond donors (Lipinski definition) is 1. The van der Waals surface area contributed by atoms with Crippen LogP contribution in [0.25, 0.3) is 11.0 Å². The topological polar surface area (TPSA) is 92.3 Å². The van der Waals surface area contributed by atoms with Crippen LogP contribution in [-0.2, 0) is 14.8 Å². The molecular formula is C18H17BrN4O3S2. The lowest BCUT2D eigenvalue weighted by molar-refractivity contribution is -0.120. The van der Waals surface area contributed by atoms with Crippen molar-refractivity contribution in [3.05, 3.63) is 46.9 Å². The van der Waals surface area contributed by atoms with Gasteiger partial charge in [-0.1, -0.05) is 18.2 Å². The number of nitrogens with zero attached hydrogens (tertiary/aromatic N) is 3. The molecule has 1 amide bonds.